The molecule has 5 aromatic carbocycles. The number of nitrogens with one attached hydrogen (secondary N) is 1. The number of phenolic OH excluding ortho intramolecular Hbond substituents is 1. The molecule has 5 aromatic rings. The SMILES string of the molecule is COc1ccc(OC)c(C=Cc2ccc(N3C(=O)[C@H]4[C@H](CC=C5[C@H]4C[C@H]4C(=O)N(Nc6ccc(C)cc6)C(=O)[C@@]4(c4ccccc4)[C@H]5c4cc(OC)ccc4O)C3=O)cc2)c1. The predicted octanol–water partition coefficient (Wildman–Crippen LogP) is 8.09. The number of carbonyl (C=O) groups is 4. The van der Waals surface area contributed by atoms with Crippen molar-refractivity contribution in [3.05, 3.63) is 155 Å². The van der Waals surface area contributed by atoms with E-state index in [4.69, 9.17) is 14.2 Å². The van der Waals surface area contributed by atoms with E-state index in [0.717, 1.165) is 27.3 Å². The summed E-state index contributed by atoms with van der Waals surface area (Å²) in [5.74, 6) is -3.81. The molecule has 0 aromatic heterocycles. The largest absolute Gasteiger partial charge is 0.508 e. The number of rotatable bonds is 10. The van der Waals surface area contributed by atoms with Gasteiger partial charge in [-0.25, -0.2) is 0 Å². The van der Waals surface area contributed by atoms with Gasteiger partial charge in [0, 0.05) is 17.0 Å². The summed E-state index contributed by atoms with van der Waals surface area (Å²) in [4.78, 5) is 60.9. The standard InChI is InChI=1S/C50H45N3O8/c1-29-10-16-33(17-11-29)51-53-47(56)41-28-39-37(45(40-27-36(60-3)20-24-42(40)54)50(41,49(53)58)32-8-6-5-7-9-32)22-23-38-44(39)48(57)52(46(38)55)34-18-13-30(14-19-34)12-15-31-26-35(59-2)21-25-43(31)61-4/h5-22,24-27,38-39,41,44-45,51,54H,23,28H2,1-4H3/t38-,39+,41-,44-,45+,50+/m0/s1. The Labute approximate surface area is 353 Å². The third-order valence-electron chi connectivity index (χ3n) is 13.0. The molecule has 308 valence electrons. The van der Waals surface area contributed by atoms with E-state index in [0.29, 0.717) is 39.8 Å². The van der Waals surface area contributed by atoms with Gasteiger partial charge < -0.3 is 19.3 Å². The van der Waals surface area contributed by atoms with E-state index in [1.165, 1.54) is 18.1 Å². The lowest BCUT2D eigenvalue weighted by Crippen LogP contribution is -2.53. The third-order valence-corrected chi connectivity index (χ3v) is 13.0. The molecular weight excluding hydrogens is 771 g/mol. The van der Waals surface area contributed by atoms with Crippen molar-refractivity contribution in [2.45, 2.75) is 31.1 Å². The average Bonchev–Trinajstić information content (AvgIpc) is 3.67. The number of nitrogens with zero attached hydrogens (tertiary/aromatic N) is 2. The van der Waals surface area contributed by atoms with Crippen molar-refractivity contribution < 1.29 is 38.5 Å². The minimum Gasteiger partial charge on any atom is -0.508 e. The molecule has 0 unspecified atom stereocenters. The molecule has 2 saturated heterocycles. The van der Waals surface area contributed by atoms with Crippen LogP contribution in [0.25, 0.3) is 12.2 Å². The smallest absolute Gasteiger partial charge is 0.260 e. The van der Waals surface area contributed by atoms with E-state index in [1.54, 1.807) is 38.5 Å². The molecule has 6 atom stereocenters. The molecule has 2 heterocycles. The maximum absolute atomic E-state index is 15.4. The van der Waals surface area contributed by atoms with Crippen LogP contribution in [0.5, 0.6) is 23.0 Å². The molecule has 0 bridgehead atoms. The van der Waals surface area contributed by atoms with Crippen molar-refractivity contribution in [3.8, 4) is 23.0 Å². The first-order valence-corrected chi connectivity index (χ1v) is 20.3. The number of carbonyl (C=O) groups excluding carboxylic acids is 4. The number of allylic oxidation sites excluding steroid dienone is 2. The number of hydrogen-bond donors (Lipinski definition) is 2. The minimum atomic E-state index is -1.53. The fraction of sp³-hybridized carbons (Fsp3) is 0.240. The number of ether oxygens (including phenoxy) is 3. The Balaban J connectivity index is 1.12. The summed E-state index contributed by atoms with van der Waals surface area (Å²) in [6.07, 6.45) is 6.16. The number of benzene rings is 5. The van der Waals surface area contributed by atoms with E-state index < -0.39 is 46.8 Å². The summed E-state index contributed by atoms with van der Waals surface area (Å²) in [7, 11) is 4.73. The van der Waals surface area contributed by atoms with Crippen LogP contribution in [-0.2, 0) is 24.6 Å². The van der Waals surface area contributed by atoms with Crippen LogP contribution in [0.1, 0.15) is 46.6 Å². The van der Waals surface area contributed by atoms with Crippen LogP contribution in [0.2, 0.25) is 0 Å². The second kappa shape index (κ2) is 15.5. The molecule has 0 spiro atoms. The van der Waals surface area contributed by atoms with Gasteiger partial charge in [0.1, 0.15) is 23.0 Å². The lowest BCUT2D eigenvalue weighted by molar-refractivity contribution is -0.138. The summed E-state index contributed by atoms with van der Waals surface area (Å²) in [5.41, 5.74) is 7.00. The third kappa shape index (κ3) is 6.34. The van der Waals surface area contributed by atoms with Crippen molar-refractivity contribution in [2.24, 2.45) is 23.7 Å². The lowest BCUT2D eigenvalue weighted by atomic mass is 9.49. The number of hydrogen-bond acceptors (Lipinski definition) is 9. The monoisotopic (exact) mass is 815 g/mol. The fourth-order valence-corrected chi connectivity index (χ4v) is 10.1. The Bertz CT molecular complexity index is 2620. The highest BCUT2D eigenvalue weighted by molar-refractivity contribution is 6.22. The van der Waals surface area contributed by atoms with Gasteiger partial charge in [0.15, 0.2) is 0 Å². The van der Waals surface area contributed by atoms with Gasteiger partial charge in [-0.2, -0.15) is 5.01 Å². The maximum Gasteiger partial charge on any atom is 0.260 e. The van der Waals surface area contributed by atoms with Crippen molar-refractivity contribution in [1.29, 1.82) is 0 Å². The van der Waals surface area contributed by atoms with Gasteiger partial charge in [0.05, 0.1) is 55.9 Å². The lowest BCUT2D eigenvalue weighted by Gasteiger charge is -2.50. The Morgan fingerprint density at radius 2 is 1.44 bits per heavy atom. The normalized spacial score (nSPS) is 24.3. The second-order valence-corrected chi connectivity index (χ2v) is 16.1. The molecule has 4 amide bonds. The van der Waals surface area contributed by atoms with Crippen molar-refractivity contribution >= 4 is 47.2 Å². The van der Waals surface area contributed by atoms with Crippen molar-refractivity contribution in [2.75, 3.05) is 31.7 Å². The van der Waals surface area contributed by atoms with Gasteiger partial charge in [-0.15, -0.1) is 0 Å². The molecule has 2 aliphatic heterocycles. The highest BCUT2D eigenvalue weighted by Crippen LogP contribution is 2.65. The van der Waals surface area contributed by atoms with Crippen LogP contribution in [0.3, 0.4) is 0 Å². The fourth-order valence-electron chi connectivity index (χ4n) is 10.1. The van der Waals surface area contributed by atoms with Crippen LogP contribution < -0.4 is 24.5 Å². The highest BCUT2D eigenvalue weighted by Gasteiger charge is 2.70. The van der Waals surface area contributed by atoms with Crippen molar-refractivity contribution in [3.63, 3.8) is 0 Å². The molecule has 2 N–H and O–H groups in total. The molecule has 9 rings (SSSR count). The summed E-state index contributed by atoms with van der Waals surface area (Å²) in [6.45, 7) is 1.95. The summed E-state index contributed by atoms with van der Waals surface area (Å²) < 4.78 is 16.6. The zero-order chi connectivity index (χ0) is 42.6. The van der Waals surface area contributed by atoms with Gasteiger partial charge in [-0.1, -0.05) is 84.0 Å². The molecule has 11 heteroatoms. The second-order valence-electron chi connectivity index (χ2n) is 16.1. The Hall–Kier alpha value is -7.14. The Morgan fingerprint density at radius 1 is 0.738 bits per heavy atom. The van der Waals surface area contributed by atoms with Gasteiger partial charge >= 0.3 is 0 Å². The molecular formula is C50H45N3O8. The minimum absolute atomic E-state index is 0.0804. The van der Waals surface area contributed by atoms with Gasteiger partial charge in [-0.3, -0.25) is 29.5 Å². The average molecular weight is 816 g/mol. The number of hydrazine groups is 1. The van der Waals surface area contributed by atoms with E-state index in [1.807, 2.05) is 110 Å². The maximum atomic E-state index is 15.4. The first-order valence-electron chi connectivity index (χ1n) is 20.3. The van der Waals surface area contributed by atoms with E-state index in [2.05, 4.69) is 5.43 Å². The van der Waals surface area contributed by atoms with Gasteiger partial charge in [0.25, 0.3) is 11.8 Å². The first kappa shape index (κ1) is 39.3. The van der Waals surface area contributed by atoms with Crippen LogP contribution >= 0.6 is 0 Å². The van der Waals surface area contributed by atoms with Gasteiger partial charge in [0.2, 0.25) is 11.8 Å². The summed E-state index contributed by atoms with van der Waals surface area (Å²) in [6, 6.07) is 34.2. The topological polar surface area (TPSA) is 135 Å². The molecule has 11 nitrogen and oxygen atoms in total. The first-order chi connectivity index (χ1) is 29.6. The highest BCUT2D eigenvalue weighted by atomic mass is 16.5. The van der Waals surface area contributed by atoms with E-state index in [9.17, 15) is 19.5 Å². The van der Waals surface area contributed by atoms with Crippen molar-refractivity contribution in [1.82, 2.24) is 5.01 Å². The number of aryl methyl sites for hydroxylation is 1. The molecule has 2 aliphatic carbocycles. The predicted molar refractivity (Wildman–Crippen MR) is 231 cm³/mol. The zero-order valence-electron chi connectivity index (χ0n) is 34.2. The molecule has 61 heavy (non-hydrogen) atoms. The number of fused-ring (bicyclic) bond motifs is 4. The van der Waals surface area contributed by atoms with E-state index in [-0.39, 0.29) is 30.4 Å². The molecule has 1 saturated carbocycles. The molecule has 0 radical (unpaired) electrons. The van der Waals surface area contributed by atoms with E-state index >= 15 is 4.79 Å². The summed E-state index contributed by atoms with van der Waals surface area (Å²) in [5, 5.41) is 12.8. The quantitative estimate of drug-likeness (QED) is 0.0815. The summed E-state index contributed by atoms with van der Waals surface area (Å²) >= 11 is 0. The Morgan fingerprint density at radius 3 is 2.15 bits per heavy atom. The number of methoxy groups -OCH3 is 3. The number of anilines is 2. The van der Waals surface area contributed by atoms with Crippen LogP contribution in [0, 0.1) is 30.6 Å². The number of imide groups is 2. The molecule has 3 fully saturated rings. The molecule has 4 aliphatic rings. The Kier molecular flexibility index (Phi) is 9.97. The number of phenols is 1. The van der Waals surface area contributed by atoms with Gasteiger partial charge in [-0.05, 0) is 97.5 Å². The van der Waals surface area contributed by atoms with Crippen LogP contribution in [-0.4, -0.2) is 55.1 Å². The number of aromatic hydroxyl groups is 1. The van der Waals surface area contributed by atoms with Crippen LogP contribution in [0.15, 0.2) is 127 Å². The van der Waals surface area contributed by atoms with Crippen LogP contribution in [0.4, 0.5) is 11.4 Å². The zero-order valence-corrected chi connectivity index (χ0v) is 34.2. The number of amides is 4.